The van der Waals surface area contributed by atoms with E-state index >= 15 is 0 Å². The van der Waals surface area contributed by atoms with Crippen LogP contribution in [0.25, 0.3) is 0 Å². The van der Waals surface area contributed by atoms with E-state index in [0.717, 1.165) is 18.2 Å². The van der Waals surface area contributed by atoms with E-state index in [1.54, 1.807) is 0 Å². The number of hydrogen-bond acceptors (Lipinski definition) is 3. The zero-order valence-corrected chi connectivity index (χ0v) is 13.7. The maximum Gasteiger partial charge on any atom is 0.137 e. The first-order valence-electron chi connectivity index (χ1n) is 7.76. The highest BCUT2D eigenvalue weighted by Crippen LogP contribution is 2.40. The lowest BCUT2D eigenvalue weighted by molar-refractivity contribution is -0.0121. The summed E-state index contributed by atoms with van der Waals surface area (Å²) in [7, 11) is 0. The third-order valence-electron chi connectivity index (χ3n) is 4.41. The summed E-state index contributed by atoms with van der Waals surface area (Å²) in [5, 5.41) is 15.2. The molecule has 26 heavy (non-hydrogen) atoms. The summed E-state index contributed by atoms with van der Waals surface area (Å²) in [6, 6.07) is 5.64. The molecular formula is C18H15F4N3O. The highest BCUT2D eigenvalue weighted by atomic mass is 19.1. The van der Waals surface area contributed by atoms with Gasteiger partial charge in [-0.05, 0) is 17.7 Å². The van der Waals surface area contributed by atoms with Crippen LogP contribution in [0.3, 0.4) is 0 Å². The molecule has 1 N–H and O–H groups in total. The van der Waals surface area contributed by atoms with Crippen LogP contribution in [0.15, 0.2) is 49.1 Å². The molecule has 0 radical (unpaired) electrons. The molecule has 0 amide bonds. The minimum Gasteiger partial charge on any atom is -0.382 e. The molecule has 3 aromatic rings. The van der Waals surface area contributed by atoms with Gasteiger partial charge in [0, 0.05) is 23.6 Å². The van der Waals surface area contributed by atoms with Crippen molar-refractivity contribution in [1.82, 2.24) is 14.8 Å². The Morgan fingerprint density at radius 2 is 1.69 bits per heavy atom. The Kier molecular flexibility index (Phi) is 4.78. The lowest BCUT2D eigenvalue weighted by Crippen LogP contribution is -2.38. The van der Waals surface area contributed by atoms with Crippen molar-refractivity contribution in [2.75, 3.05) is 0 Å². The maximum absolute atomic E-state index is 14.4. The minimum absolute atomic E-state index is 0.0160. The van der Waals surface area contributed by atoms with Crippen LogP contribution >= 0.6 is 0 Å². The largest absolute Gasteiger partial charge is 0.382 e. The van der Waals surface area contributed by atoms with Crippen LogP contribution in [0.1, 0.15) is 24.0 Å². The van der Waals surface area contributed by atoms with Crippen LogP contribution < -0.4 is 0 Å². The molecule has 2 aromatic carbocycles. The summed E-state index contributed by atoms with van der Waals surface area (Å²) in [5.74, 6) is -4.45. The summed E-state index contributed by atoms with van der Waals surface area (Å²) in [4.78, 5) is 3.76. The molecule has 1 aromatic heterocycles. The van der Waals surface area contributed by atoms with Crippen molar-refractivity contribution in [3.05, 3.63) is 83.4 Å². The van der Waals surface area contributed by atoms with Gasteiger partial charge in [0.1, 0.15) is 41.5 Å². The van der Waals surface area contributed by atoms with Crippen LogP contribution in [0.5, 0.6) is 0 Å². The Morgan fingerprint density at radius 1 is 1.04 bits per heavy atom. The number of aliphatic hydroxyl groups is 1. The normalized spacial score (nSPS) is 14.8. The summed E-state index contributed by atoms with van der Waals surface area (Å²) in [6.07, 6.45) is 2.53. The van der Waals surface area contributed by atoms with Crippen molar-refractivity contribution in [3.8, 4) is 0 Å². The van der Waals surface area contributed by atoms with Crippen LogP contribution in [0.4, 0.5) is 17.6 Å². The summed E-state index contributed by atoms with van der Waals surface area (Å²) in [5.41, 5.74) is -2.24. The van der Waals surface area contributed by atoms with Gasteiger partial charge in [-0.15, -0.1) is 0 Å². The molecule has 0 aliphatic heterocycles. The third-order valence-corrected chi connectivity index (χ3v) is 4.41. The zero-order chi connectivity index (χ0) is 18.9. The molecule has 0 spiro atoms. The monoisotopic (exact) mass is 365 g/mol. The van der Waals surface area contributed by atoms with Crippen molar-refractivity contribution < 1.29 is 22.7 Å². The number of nitrogens with zero attached hydrogens (tertiary/aromatic N) is 3. The zero-order valence-electron chi connectivity index (χ0n) is 13.7. The Balaban J connectivity index is 2.13. The van der Waals surface area contributed by atoms with E-state index < -0.39 is 34.8 Å². The van der Waals surface area contributed by atoms with Gasteiger partial charge in [0.05, 0.1) is 6.54 Å². The first-order valence-corrected chi connectivity index (χ1v) is 7.76. The molecular weight excluding hydrogens is 350 g/mol. The van der Waals surface area contributed by atoms with E-state index in [-0.39, 0.29) is 17.7 Å². The second-order valence-corrected chi connectivity index (χ2v) is 6.03. The van der Waals surface area contributed by atoms with E-state index in [1.165, 1.54) is 30.3 Å². The molecule has 0 aliphatic rings. The predicted octanol–water partition coefficient (Wildman–Crippen LogP) is 3.53. The number of benzene rings is 2. The van der Waals surface area contributed by atoms with Crippen molar-refractivity contribution in [2.45, 2.75) is 25.0 Å². The predicted molar refractivity (Wildman–Crippen MR) is 85.0 cm³/mol. The fourth-order valence-corrected chi connectivity index (χ4v) is 2.97. The van der Waals surface area contributed by atoms with Crippen LogP contribution in [0, 0.1) is 23.3 Å². The van der Waals surface area contributed by atoms with Gasteiger partial charge in [0.15, 0.2) is 0 Å². The quantitative estimate of drug-likeness (QED) is 0.704. The topological polar surface area (TPSA) is 50.9 Å². The molecule has 2 unspecified atom stereocenters. The third kappa shape index (κ3) is 3.32. The average molecular weight is 365 g/mol. The standard InChI is InChI=1S/C18H15F4N3O/c1-11(14-4-2-12(19)6-16(14)21)18(26,8-25-10-23-9-24-25)15-5-3-13(20)7-17(15)22/h2-7,9-11,26H,8H2,1H3. The number of halogens is 4. The van der Waals surface area contributed by atoms with E-state index in [1.807, 2.05) is 0 Å². The lowest BCUT2D eigenvalue weighted by atomic mass is 9.77. The summed E-state index contributed by atoms with van der Waals surface area (Å²) < 4.78 is 56.4. The molecule has 0 fully saturated rings. The summed E-state index contributed by atoms with van der Waals surface area (Å²) >= 11 is 0. The molecule has 0 saturated carbocycles. The van der Waals surface area contributed by atoms with E-state index in [0.29, 0.717) is 12.1 Å². The Hall–Kier alpha value is -2.74. The molecule has 8 heteroatoms. The Bertz CT molecular complexity index is 917. The van der Waals surface area contributed by atoms with Gasteiger partial charge in [-0.2, -0.15) is 5.10 Å². The van der Waals surface area contributed by atoms with Gasteiger partial charge in [-0.25, -0.2) is 27.2 Å². The van der Waals surface area contributed by atoms with E-state index in [4.69, 9.17) is 0 Å². The van der Waals surface area contributed by atoms with E-state index in [2.05, 4.69) is 10.1 Å². The second kappa shape index (κ2) is 6.87. The second-order valence-electron chi connectivity index (χ2n) is 6.03. The lowest BCUT2D eigenvalue weighted by Gasteiger charge is -2.35. The fourth-order valence-electron chi connectivity index (χ4n) is 2.97. The molecule has 3 rings (SSSR count). The van der Waals surface area contributed by atoms with Crippen LogP contribution in [-0.2, 0) is 12.1 Å². The number of rotatable bonds is 5. The maximum atomic E-state index is 14.4. The molecule has 2 atom stereocenters. The molecule has 1 heterocycles. The summed E-state index contributed by atoms with van der Waals surface area (Å²) in [6.45, 7) is 1.20. The highest BCUT2D eigenvalue weighted by molar-refractivity contribution is 5.33. The first-order chi connectivity index (χ1) is 12.3. The van der Waals surface area contributed by atoms with E-state index in [9.17, 15) is 22.7 Å². The molecule has 0 saturated heterocycles. The Labute approximate surface area is 146 Å². The van der Waals surface area contributed by atoms with Crippen molar-refractivity contribution >= 4 is 0 Å². The van der Waals surface area contributed by atoms with Gasteiger partial charge >= 0.3 is 0 Å². The average Bonchev–Trinajstić information content (AvgIpc) is 3.06. The molecule has 136 valence electrons. The SMILES string of the molecule is CC(c1ccc(F)cc1F)C(O)(Cn1cncn1)c1ccc(F)cc1F. The number of hydrogen-bond donors (Lipinski definition) is 1. The minimum atomic E-state index is -2.00. The van der Waals surface area contributed by atoms with Gasteiger partial charge in [-0.1, -0.05) is 19.1 Å². The smallest absolute Gasteiger partial charge is 0.137 e. The first kappa shape index (κ1) is 18.1. The van der Waals surface area contributed by atoms with Gasteiger partial charge in [0.25, 0.3) is 0 Å². The number of aromatic nitrogens is 3. The van der Waals surface area contributed by atoms with Crippen LogP contribution in [-0.4, -0.2) is 19.9 Å². The van der Waals surface area contributed by atoms with Crippen molar-refractivity contribution in [1.29, 1.82) is 0 Å². The fraction of sp³-hybridized carbons (Fsp3) is 0.222. The Morgan fingerprint density at radius 3 is 2.27 bits per heavy atom. The van der Waals surface area contributed by atoms with Gasteiger partial charge in [0.2, 0.25) is 0 Å². The molecule has 0 bridgehead atoms. The van der Waals surface area contributed by atoms with Crippen molar-refractivity contribution in [2.24, 2.45) is 0 Å². The van der Waals surface area contributed by atoms with Gasteiger partial charge < -0.3 is 5.11 Å². The van der Waals surface area contributed by atoms with Crippen molar-refractivity contribution in [3.63, 3.8) is 0 Å². The molecule has 0 aliphatic carbocycles. The van der Waals surface area contributed by atoms with Crippen LogP contribution in [0.2, 0.25) is 0 Å². The molecule has 4 nitrogen and oxygen atoms in total. The highest BCUT2D eigenvalue weighted by Gasteiger charge is 2.41. The van der Waals surface area contributed by atoms with Gasteiger partial charge in [-0.3, -0.25) is 0 Å².